The van der Waals surface area contributed by atoms with Gasteiger partial charge in [0.2, 0.25) is 5.13 Å². The van der Waals surface area contributed by atoms with Crippen LogP contribution in [0.5, 0.6) is 0 Å². The fourth-order valence-corrected chi connectivity index (χ4v) is 2.74. The zero-order chi connectivity index (χ0) is 14.8. The predicted molar refractivity (Wildman–Crippen MR) is 86.1 cm³/mol. The third kappa shape index (κ3) is 2.88. The number of hydrogen-bond donors (Lipinski definition) is 1. The van der Waals surface area contributed by atoms with E-state index in [4.69, 9.17) is 0 Å². The number of fused-ring (bicyclic) bond motifs is 1. The van der Waals surface area contributed by atoms with E-state index in [9.17, 15) is 4.39 Å². The Balaban J connectivity index is 1.99. The summed E-state index contributed by atoms with van der Waals surface area (Å²) in [5, 5.41) is 5.50. The van der Waals surface area contributed by atoms with Crippen LogP contribution in [0.3, 0.4) is 0 Å². The van der Waals surface area contributed by atoms with Crippen molar-refractivity contribution in [2.45, 2.75) is 13.8 Å². The molecule has 1 heterocycles. The number of benzene rings is 2. The van der Waals surface area contributed by atoms with Gasteiger partial charge in [-0.3, -0.25) is 0 Å². The molecular weight excluding hydrogens is 285 g/mol. The zero-order valence-electron chi connectivity index (χ0n) is 11.9. The minimum Gasteiger partial charge on any atom is -0.360 e. The largest absolute Gasteiger partial charge is 0.360 e. The first kappa shape index (κ1) is 13.9. The molecule has 0 spiro atoms. The van der Waals surface area contributed by atoms with E-state index in [1.54, 1.807) is 12.1 Å². The summed E-state index contributed by atoms with van der Waals surface area (Å²) in [6.07, 6.45) is 0. The van der Waals surface area contributed by atoms with E-state index in [-0.39, 0.29) is 5.82 Å². The molecule has 0 saturated heterocycles. The topological polar surface area (TPSA) is 37.8 Å². The fraction of sp³-hybridized carbons (Fsp3) is 0.250. The molecule has 2 aromatic carbocycles. The summed E-state index contributed by atoms with van der Waals surface area (Å²) < 4.78 is 18.2. The van der Waals surface area contributed by atoms with E-state index in [2.05, 4.69) is 28.5 Å². The molecule has 0 atom stereocenters. The predicted octanol–water partition coefficient (Wildman–Crippen LogP) is 4.57. The zero-order valence-corrected chi connectivity index (χ0v) is 12.7. The van der Waals surface area contributed by atoms with Crippen molar-refractivity contribution in [2.75, 3.05) is 11.9 Å². The highest BCUT2D eigenvalue weighted by Crippen LogP contribution is 2.30. The number of rotatable bonds is 4. The van der Waals surface area contributed by atoms with Gasteiger partial charge in [-0.25, -0.2) is 4.39 Å². The van der Waals surface area contributed by atoms with Crippen molar-refractivity contribution in [3.05, 3.63) is 42.2 Å². The number of hydrogen-bond acceptors (Lipinski definition) is 4. The van der Waals surface area contributed by atoms with E-state index < -0.39 is 0 Å². The van der Waals surface area contributed by atoms with Crippen LogP contribution >= 0.6 is 11.5 Å². The quantitative estimate of drug-likeness (QED) is 0.767. The number of nitrogens with one attached hydrogen (secondary N) is 1. The Morgan fingerprint density at radius 2 is 1.90 bits per heavy atom. The van der Waals surface area contributed by atoms with Crippen LogP contribution in [0, 0.1) is 11.7 Å². The summed E-state index contributed by atoms with van der Waals surface area (Å²) in [5.74, 6) is 0.967. The van der Waals surface area contributed by atoms with Crippen LogP contribution in [0.15, 0.2) is 36.4 Å². The van der Waals surface area contributed by atoms with Gasteiger partial charge in [0.25, 0.3) is 0 Å². The van der Waals surface area contributed by atoms with Crippen LogP contribution in [0.25, 0.3) is 22.2 Å². The minimum absolute atomic E-state index is 0.220. The summed E-state index contributed by atoms with van der Waals surface area (Å²) in [6.45, 7) is 5.14. The lowest BCUT2D eigenvalue weighted by atomic mass is 10.0. The highest BCUT2D eigenvalue weighted by molar-refractivity contribution is 7.09. The van der Waals surface area contributed by atoms with Gasteiger partial charge >= 0.3 is 0 Å². The molecule has 0 saturated carbocycles. The lowest BCUT2D eigenvalue weighted by Crippen LogP contribution is -2.07. The average Bonchev–Trinajstić information content (AvgIpc) is 2.94. The lowest BCUT2D eigenvalue weighted by Gasteiger charge is -2.05. The molecular formula is C16H16FN3S. The van der Waals surface area contributed by atoms with Crippen molar-refractivity contribution in [1.82, 2.24) is 9.36 Å². The highest BCUT2D eigenvalue weighted by Gasteiger charge is 2.12. The van der Waals surface area contributed by atoms with Gasteiger partial charge in [-0.15, -0.1) is 0 Å². The SMILES string of the molecule is CC(C)CNc1nc(-c2ccc(F)c3ccccc23)ns1. The second kappa shape index (κ2) is 5.77. The van der Waals surface area contributed by atoms with E-state index in [1.807, 2.05) is 18.2 Å². The van der Waals surface area contributed by atoms with Crippen LogP contribution < -0.4 is 5.32 Å². The second-order valence-electron chi connectivity index (χ2n) is 5.34. The molecule has 0 aliphatic carbocycles. The highest BCUT2D eigenvalue weighted by atomic mass is 32.1. The first-order chi connectivity index (χ1) is 10.1. The van der Waals surface area contributed by atoms with Gasteiger partial charge in [0.15, 0.2) is 5.82 Å². The van der Waals surface area contributed by atoms with Crippen LogP contribution in [0.4, 0.5) is 9.52 Å². The Kier molecular flexibility index (Phi) is 3.84. The number of aromatic nitrogens is 2. The smallest absolute Gasteiger partial charge is 0.202 e. The first-order valence-corrected chi connectivity index (χ1v) is 7.67. The van der Waals surface area contributed by atoms with Crippen molar-refractivity contribution in [3.63, 3.8) is 0 Å². The Labute approximate surface area is 127 Å². The molecule has 0 aliphatic heterocycles. The average molecular weight is 301 g/mol. The van der Waals surface area contributed by atoms with Crippen molar-refractivity contribution in [2.24, 2.45) is 5.92 Å². The van der Waals surface area contributed by atoms with Crippen LogP contribution in [-0.4, -0.2) is 15.9 Å². The monoisotopic (exact) mass is 301 g/mol. The van der Waals surface area contributed by atoms with Gasteiger partial charge in [0, 0.05) is 29.0 Å². The van der Waals surface area contributed by atoms with Crippen LogP contribution in [0.2, 0.25) is 0 Å². The molecule has 5 heteroatoms. The third-order valence-electron chi connectivity index (χ3n) is 3.20. The summed E-state index contributed by atoms with van der Waals surface area (Å²) >= 11 is 1.33. The summed E-state index contributed by atoms with van der Waals surface area (Å²) in [4.78, 5) is 4.51. The molecule has 0 bridgehead atoms. The molecule has 0 unspecified atom stereocenters. The molecule has 0 fully saturated rings. The number of nitrogens with zero attached hydrogens (tertiary/aromatic N) is 2. The van der Waals surface area contributed by atoms with Gasteiger partial charge in [0.1, 0.15) is 5.82 Å². The van der Waals surface area contributed by atoms with Crippen molar-refractivity contribution >= 4 is 27.4 Å². The fourth-order valence-electron chi connectivity index (χ4n) is 2.15. The molecule has 3 aromatic rings. The Morgan fingerprint density at radius 3 is 2.67 bits per heavy atom. The standard InChI is InChI=1S/C16H16FN3S/c1-10(2)9-18-16-19-15(20-21-16)13-7-8-14(17)12-6-4-3-5-11(12)13/h3-8,10H,9H2,1-2H3,(H,18,19,20). The molecule has 0 radical (unpaired) electrons. The van der Waals surface area contributed by atoms with E-state index in [1.165, 1.54) is 17.6 Å². The molecule has 1 aromatic heterocycles. The van der Waals surface area contributed by atoms with Crippen molar-refractivity contribution in [1.29, 1.82) is 0 Å². The Bertz CT molecular complexity index is 767. The Morgan fingerprint density at radius 1 is 1.14 bits per heavy atom. The maximum Gasteiger partial charge on any atom is 0.202 e. The Hall–Kier alpha value is -2.01. The van der Waals surface area contributed by atoms with Gasteiger partial charge in [-0.1, -0.05) is 38.1 Å². The second-order valence-corrected chi connectivity index (χ2v) is 6.09. The van der Waals surface area contributed by atoms with E-state index >= 15 is 0 Å². The number of halogens is 1. The summed E-state index contributed by atoms with van der Waals surface area (Å²) in [5.41, 5.74) is 0.862. The van der Waals surface area contributed by atoms with Crippen molar-refractivity contribution in [3.8, 4) is 11.4 Å². The molecule has 21 heavy (non-hydrogen) atoms. The van der Waals surface area contributed by atoms with E-state index in [0.29, 0.717) is 17.1 Å². The normalized spacial score (nSPS) is 11.2. The molecule has 108 valence electrons. The molecule has 0 aliphatic rings. The van der Waals surface area contributed by atoms with Crippen LogP contribution in [0.1, 0.15) is 13.8 Å². The van der Waals surface area contributed by atoms with Crippen LogP contribution in [-0.2, 0) is 0 Å². The minimum atomic E-state index is -0.220. The summed E-state index contributed by atoms with van der Waals surface area (Å²) in [6, 6.07) is 10.6. The number of anilines is 1. The summed E-state index contributed by atoms with van der Waals surface area (Å²) in [7, 11) is 0. The van der Waals surface area contributed by atoms with Crippen molar-refractivity contribution < 1.29 is 4.39 Å². The molecule has 3 nitrogen and oxygen atoms in total. The van der Waals surface area contributed by atoms with Gasteiger partial charge in [-0.2, -0.15) is 9.36 Å². The maximum absolute atomic E-state index is 13.8. The van der Waals surface area contributed by atoms with Gasteiger partial charge in [-0.05, 0) is 23.4 Å². The first-order valence-electron chi connectivity index (χ1n) is 6.90. The van der Waals surface area contributed by atoms with Gasteiger partial charge in [0.05, 0.1) is 0 Å². The maximum atomic E-state index is 13.8. The lowest BCUT2D eigenvalue weighted by molar-refractivity contribution is 0.640. The van der Waals surface area contributed by atoms with Gasteiger partial charge < -0.3 is 5.32 Å². The molecule has 3 rings (SSSR count). The third-order valence-corrected chi connectivity index (χ3v) is 3.87. The van der Waals surface area contributed by atoms with E-state index in [0.717, 1.165) is 22.6 Å². The molecule has 0 amide bonds. The molecule has 1 N–H and O–H groups in total.